The molecule has 2 nitrogen and oxygen atoms in total. The van der Waals surface area contributed by atoms with Crippen molar-refractivity contribution in [3.05, 3.63) is 71.3 Å². The predicted octanol–water partition coefficient (Wildman–Crippen LogP) is 2.65. The molecule has 1 N–H and O–H groups in total. The van der Waals surface area contributed by atoms with Crippen LogP contribution in [0, 0.1) is 11.8 Å². The van der Waals surface area contributed by atoms with Crippen molar-refractivity contribution in [2.24, 2.45) is 0 Å². The fourth-order valence-corrected chi connectivity index (χ4v) is 1.75. The van der Waals surface area contributed by atoms with Gasteiger partial charge in [-0.05, 0) is 12.1 Å². The van der Waals surface area contributed by atoms with Gasteiger partial charge in [0, 0.05) is 23.1 Å². The Morgan fingerprint density at radius 1 is 1.00 bits per heavy atom. The van der Waals surface area contributed by atoms with Gasteiger partial charge in [-0.15, -0.1) is 0 Å². The average Bonchev–Trinajstić information content (AvgIpc) is 2.48. The van der Waals surface area contributed by atoms with Crippen LogP contribution in [0.2, 0.25) is 0 Å². The molecule has 0 atom stereocenters. The van der Waals surface area contributed by atoms with E-state index in [-0.39, 0.29) is 12.4 Å². The lowest BCUT2D eigenvalue weighted by Gasteiger charge is -2.03. The first-order valence-electron chi connectivity index (χ1n) is 6.11. The molecule has 2 heteroatoms. The van der Waals surface area contributed by atoms with Gasteiger partial charge in [0.15, 0.2) is 5.78 Å². The highest BCUT2D eigenvalue weighted by Crippen LogP contribution is 2.13. The second-order valence-corrected chi connectivity index (χ2v) is 4.02. The van der Waals surface area contributed by atoms with Crippen LogP contribution >= 0.6 is 0 Å². The van der Waals surface area contributed by atoms with Crippen LogP contribution < -0.4 is 0 Å². The summed E-state index contributed by atoms with van der Waals surface area (Å²) in [6.45, 7) is 0.0296. The summed E-state index contributed by atoms with van der Waals surface area (Å²) in [6, 6.07) is 16.4. The van der Waals surface area contributed by atoms with Crippen molar-refractivity contribution in [1.82, 2.24) is 0 Å². The van der Waals surface area contributed by atoms with E-state index in [2.05, 4.69) is 11.8 Å². The highest BCUT2D eigenvalue weighted by atomic mass is 16.2. The molecule has 19 heavy (non-hydrogen) atoms. The molecule has 0 unspecified atom stereocenters. The third-order valence-electron chi connectivity index (χ3n) is 2.67. The van der Waals surface area contributed by atoms with E-state index in [1.807, 2.05) is 36.4 Å². The second kappa shape index (κ2) is 6.53. The number of benzene rings is 2. The van der Waals surface area contributed by atoms with E-state index in [9.17, 15) is 4.79 Å². The summed E-state index contributed by atoms with van der Waals surface area (Å²) in [4.78, 5) is 12.4. The number of hydrogen-bond donors (Lipinski definition) is 1. The number of rotatable bonds is 3. The molecule has 0 aliphatic rings. The second-order valence-electron chi connectivity index (χ2n) is 4.02. The zero-order valence-corrected chi connectivity index (χ0v) is 10.5. The summed E-state index contributed by atoms with van der Waals surface area (Å²) in [6.07, 6.45) is 0.411. The van der Waals surface area contributed by atoms with Crippen molar-refractivity contribution >= 4 is 5.78 Å². The number of aliphatic hydroxyl groups excluding tert-OH is 1. The summed E-state index contributed by atoms with van der Waals surface area (Å²) in [5.41, 5.74) is 1.95. The topological polar surface area (TPSA) is 37.3 Å². The molecular weight excluding hydrogens is 236 g/mol. The van der Waals surface area contributed by atoms with Gasteiger partial charge >= 0.3 is 0 Å². The van der Waals surface area contributed by atoms with Gasteiger partial charge in [0.05, 0.1) is 6.61 Å². The van der Waals surface area contributed by atoms with Crippen molar-refractivity contribution in [1.29, 1.82) is 0 Å². The Morgan fingerprint density at radius 3 is 2.42 bits per heavy atom. The predicted molar refractivity (Wildman–Crippen MR) is 74.9 cm³/mol. The van der Waals surface area contributed by atoms with Gasteiger partial charge in [0.2, 0.25) is 0 Å². The van der Waals surface area contributed by atoms with Crippen molar-refractivity contribution in [2.45, 2.75) is 6.42 Å². The van der Waals surface area contributed by atoms with Gasteiger partial charge in [-0.3, -0.25) is 4.79 Å². The van der Waals surface area contributed by atoms with E-state index in [1.165, 1.54) is 0 Å². The minimum Gasteiger partial charge on any atom is -0.395 e. The van der Waals surface area contributed by atoms with Gasteiger partial charge < -0.3 is 5.11 Å². The van der Waals surface area contributed by atoms with Crippen LogP contribution in [0.15, 0.2) is 54.6 Å². The van der Waals surface area contributed by atoms with Gasteiger partial charge in [-0.1, -0.05) is 54.3 Å². The lowest BCUT2D eigenvalue weighted by atomic mass is 9.98. The van der Waals surface area contributed by atoms with Crippen LogP contribution in [0.25, 0.3) is 0 Å². The molecule has 94 valence electrons. The molecule has 0 aromatic heterocycles. The molecule has 0 aliphatic heterocycles. The Kier molecular flexibility index (Phi) is 4.49. The first-order chi connectivity index (χ1) is 9.33. The molecule has 0 heterocycles. The Morgan fingerprint density at radius 2 is 1.68 bits per heavy atom. The highest BCUT2D eigenvalue weighted by molar-refractivity contribution is 6.10. The van der Waals surface area contributed by atoms with E-state index in [4.69, 9.17) is 5.11 Å². The number of hydrogen-bond acceptors (Lipinski definition) is 2. The summed E-state index contributed by atoms with van der Waals surface area (Å²) in [5.74, 6) is 5.75. The monoisotopic (exact) mass is 250 g/mol. The fraction of sp³-hybridized carbons (Fsp3) is 0.118. The smallest absolute Gasteiger partial charge is 0.194 e. The third-order valence-corrected chi connectivity index (χ3v) is 2.67. The number of carbonyl (C=O) groups excluding carboxylic acids is 1. The third kappa shape index (κ3) is 3.31. The largest absolute Gasteiger partial charge is 0.395 e. The van der Waals surface area contributed by atoms with Crippen molar-refractivity contribution in [2.75, 3.05) is 6.61 Å². The molecule has 0 spiro atoms. The van der Waals surface area contributed by atoms with Gasteiger partial charge in [-0.25, -0.2) is 0 Å². The average molecular weight is 250 g/mol. The first-order valence-corrected chi connectivity index (χ1v) is 6.11. The van der Waals surface area contributed by atoms with E-state index in [0.717, 1.165) is 0 Å². The molecule has 0 saturated heterocycles. The Labute approximate surface area is 112 Å². The summed E-state index contributed by atoms with van der Waals surface area (Å²) in [5, 5.41) is 8.73. The van der Waals surface area contributed by atoms with Crippen LogP contribution in [-0.2, 0) is 0 Å². The quantitative estimate of drug-likeness (QED) is 0.671. The molecule has 2 aromatic carbocycles. The standard InChI is InChI=1S/C17H14O2/c18-13-7-6-9-14-8-4-5-12-16(14)17(19)15-10-2-1-3-11-15/h1-5,8,10-12,18H,7,13H2. The van der Waals surface area contributed by atoms with Crippen LogP contribution in [0.3, 0.4) is 0 Å². The van der Waals surface area contributed by atoms with Crippen LogP contribution in [0.5, 0.6) is 0 Å². The van der Waals surface area contributed by atoms with Crippen LogP contribution in [0.4, 0.5) is 0 Å². The van der Waals surface area contributed by atoms with Crippen molar-refractivity contribution < 1.29 is 9.90 Å². The molecule has 0 aliphatic carbocycles. The van der Waals surface area contributed by atoms with E-state index in [0.29, 0.717) is 23.1 Å². The molecule has 2 aromatic rings. The minimum absolute atomic E-state index is 0.0296. The minimum atomic E-state index is -0.0329. The molecule has 0 amide bonds. The molecule has 0 fully saturated rings. The molecular formula is C17H14O2. The summed E-state index contributed by atoms with van der Waals surface area (Å²) in [7, 11) is 0. The van der Waals surface area contributed by atoms with Gasteiger partial charge in [0.25, 0.3) is 0 Å². The van der Waals surface area contributed by atoms with E-state index < -0.39 is 0 Å². The maximum Gasteiger partial charge on any atom is 0.194 e. The van der Waals surface area contributed by atoms with Crippen molar-refractivity contribution in [3.8, 4) is 11.8 Å². The van der Waals surface area contributed by atoms with Gasteiger partial charge in [-0.2, -0.15) is 0 Å². The maximum atomic E-state index is 12.4. The Balaban J connectivity index is 2.36. The van der Waals surface area contributed by atoms with Crippen molar-refractivity contribution in [3.63, 3.8) is 0 Å². The highest BCUT2D eigenvalue weighted by Gasteiger charge is 2.11. The zero-order chi connectivity index (χ0) is 13.5. The van der Waals surface area contributed by atoms with E-state index in [1.54, 1.807) is 18.2 Å². The first kappa shape index (κ1) is 13.1. The molecule has 0 saturated carbocycles. The Hall–Kier alpha value is -2.37. The number of carbonyl (C=O) groups is 1. The maximum absolute atomic E-state index is 12.4. The van der Waals surface area contributed by atoms with Crippen LogP contribution in [0.1, 0.15) is 27.9 Å². The molecule has 0 bridgehead atoms. The zero-order valence-electron chi connectivity index (χ0n) is 10.5. The van der Waals surface area contributed by atoms with E-state index >= 15 is 0 Å². The lowest BCUT2D eigenvalue weighted by molar-refractivity contribution is 0.103. The van der Waals surface area contributed by atoms with Crippen LogP contribution in [-0.4, -0.2) is 17.5 Å². The molecule has 2 rings (SSSR count). The summed E-state index contributed by atoms with van der Waals surface area (Å²) < 4.78 is 0. The molecule has 0 radical (unpaired) electrons. The van der Waals surface area contributed by atoms with Gasteiger partial charge in [0.1, 0.15) is 0 Å². The SMILES string of the molecule is O=C(c1ccccc1)c1ccccc1C#CCCO. The summed E-state index contributed by atoms with van der Waals surface area (Å²) >= 11 is 0. The normalized spacial score (nSPS) is 9.53. The Bertz CT molecular complexity index is 618. The lowest BCUT2D eigenvalue weighted by Crippen LogP contribution is -2.03. The number of aliphatic hydroxyl groups is 1. The number of ketones is 1. The fourth-order valence-electron chi connectivity index (χ4n) is 1.75.